The lowest BCUT2D eigenvalue weighted by atomic mass is 10.1. The number of hydrogen-bond acceptors (Lipinski definition) is 16. The van der Waals surface area contributed by atoms with Crippen LogP contribution in [0.15, 0.2) is 154 Å². The van der Waals surface area contributed by atoms with E-state index in [0.29, 0.717) is 56.9 Å². The molecule has 0 aliphatic carbocycles. The quantitative estimate of drug-likeness (QED) is 0.0664. The van der Waals surface area contributed by atoms with Crippen LogP contribution in [0, 0.1) is 0 Å². The summed E-state index contributed by atoms with van der Waals surface area (Å²) in [5, 5.41) is 0. The summed E-state index contributed by atoms with van der Waals surface area (Å²) in [6.07, 6.45) is 12.5. The van der Waals surface area contributed by atoms with Crippen molar-refractivity contribution < 1.29 is 0 Å². The van der Waals surface area contributed by atoms with E-state index in [1.165, 1.54) is 0 Å². The number of thioether (sulfide) groups is 4. The van der Waals surface area contributed by atoms with Gasteiger partial charge in [-0.15, -0.1) is 47.0 Å². The van der Waals surface area contributed by atoms with Crippen LogP contribution in [0.5, 0.6) is 0 Å². The molecule has 0 saturated heterocycles. The molecule has 16 heteroatoms. The first-order valence-electron chi connectivity index (χ1n) is 23.4. The van der Waals surface area contributed by atoms with Crippen molar-refractivity contribution in [2.45, 2.75) is 73.0 Å². The Morgan fingerprint density at radius 2 is 0.514 bits per heavy atom. The van der Waals surface area contributed by atoms with E-state index in [4.69, 9.17) is 49.8 Å². The molecule has 0 N–H and O–H groups in total. The van der Waals surface area contributed by atoms with E-state index in [-0.39, 0.29) is 0 Å². The minimum atomic E-state index is 0.664. The maximum atomic E-state index is 5.20. The highest BCUT2D eigenvalue weighted by molar-refractivity contribution is 8.00. The van der Waals surface area contributed by atoms with Gasteiger partial charge in [0.15, 0.2) is 0 Å². The standard InChI is InChI=1S/C54H50N12S4/c1-5-17-67-35-21-47(39-13-9-11-15-55-39)63-49(23-35)41-29-43(59-32-57-41)51-25-37(69-19-7-3)27-53(65-51)45-31-46(62-34-61-45)54-28-38(70-20-8-4)26-52(66-54)44-30-42(58-33-60-44)50-24-36(68-18-6-2)22-48(64-50)40-14-10-12-16-56-40/h9-16,21-34H,5-8,17-20H2,1-4H3. The predicted molar refractivity (Wildman–Crippen MR) is 288 cm³/mol. The molecular formula is C54H50N12S4. The molecule has 350 valence electrons. The Hall–Kier alpha value is -6.46. The van der Waals surface area contributed by atoms with Gasteiger partial charge in [-0.05, 0) is 140 Å². The van der Waals surface area contributed by atoms with Gasteiger partial charge in [-0.3, -0.25) is 9.97 Å². The monoisotopic (exact) mass is 994 g/mol. The molecule has 0 spiro atoms. The first-order chi connectivity index (χ1) is 34.5. The summed E-state index contributed by atoms with van der Waals surface area (Å²) in [6, 6.07) is 34.4. The third kappa shape index (κ3) is 12.3. The molecule has 12 nitrogen and oxygen atoms in total. The van der Waals surface area contributed by atoms with Crippen molar-refractivity contribution >= 4 is 47.0 Å². The van der Waals surface area contributed by atoms with Gasteiger partial charge in [0.05, 0.1) is 91.1 Å². The lowest BCUT2D eigenvalue weighted by Crippen LogP contribution is -1.99. The Bertz CT molecular complexity index is 2990. The normalized spacial score (nSPS) is 11.3. The number of rotatable bonds is 20. The van der Waals surface area contributed by atoms with Gasteiger partial charge in [-0.1, -0.05) is 39.8 Å². The van der Waals surface area contributed by atoms with E-state index in [1.54, 1.807) is 78.4 Å². The number of pyridine rings is 6. The summed E-state index contributed by atoms with van der Waals surface area (Å²) in [4.78, 5) is 62.5. The van der Waals surface area contributed by atoms with Gasteiger partial charge in [0.2, 0.25) is 0 Å². The molecule has 0 fully saturated rings. The molecule has 9 aromatic rings. The molecule has 0 atom stereocenters. The largest absolute Gasteiger partial charge is 0.255 e. The first-order valence-corrected chi connectivity index (χ1v) is 27.3. The minimum absolute atomic E-state index is 0.664. The fourth-order valence-corrected chi connectivity index (χ4v) is 10.5. The number of hydrogen-bond donors (Lipinski definition) is 0. The van der Waals surface area contributed by atoms with Crippen LogP contribution in [-0.2, 0) is 0 Å². The maximum Gasteiger partial charge on any atom is 0.116 e. The molecule has 70 heavy (non-hydrogen) atoms. The molecule has 9 aromatic heterocycles. The second-order valence-electron chi connectivity index (χ2n) is 16.0. The Labute approximate surface area is 425 Å². The fraction of sp³-hybridized carbons (Fsp3) is 0.222. The van der Waals surface area contributed by atoms with Crippen molar-refractivity contribution in [2.24, 2.45) is 0 Å². The number of nitrogens with zero attached hydrogens (tertiary/aromatic N) is 12. The lowest BCUT2D eigenvalue weighted by Gasteiger charge is -2.12. The average molecular weight is 995 g/mol. The molecule has 0 unspecified atom stereocenters. The molecule has 0 saturated carbocycles. The van der Waals surface area contributed by atoms with Gasteiger partial charge < -0.3 is 0 Å². The van der Waals surface area contributed by atoms with E-state index in [2.05, 4.69) is 86.2 Å². The predicted octanol–water partition coefficient (Wildman–Crippen LogP) is 13.8. The first kappa shape index (κ1) is 48.6. The van der Waals surface area contributed by atoms with Gasteiger partial charge >= 0.3 is 0 Å². The van der Waals surface area contributed by atoms with Gasteiger partial charge in [0.1, 0.15) is 19.0 Å². The van der Waals surface area contributed by atoms with Gasteiger partial charge in [-0.25, -0.2) is 49.8 Å². The summed E-state index contributed by atoms with van der Waals surface area (Å²) < 4.78 is 0. The van der Waals surface area contributed by atoms with E-state index >= 15 is 0 Å². The van der Waals surface area contributed by atoms with Gasteiger partial charge in [0, 0.05) is 32.0 Å². The van der Waals surface area contributed by atoms with Crippen LogP contribution in [-0.4, -0.2) is 82.8 Å². The van der Waals surface area contributed by atoms with Crippen molar-refractivity contribution in [2.75, 3.05) is 23.0 Å². The van der Waals surface area contributed by atoms with Crippen molar-refractivity contribution in [3.8, 4) is 91.1 Å². The van der Waals surface area contributed by atoms with Crippen LogP contribution in [0.2, 0.25) is 0 Å². The molecule has 9 rings (SSSR count). The maximum absolute atomic E-state index is 5.20. The highest BCUT2D eigenvalue weighted by Gasteiger charge is 2.18. The summed E-state index contributed by atoms with van der Waals surface area (Å²) in [6.45, 7) is 8.73. The van der Waals surface area contributed by atoms with Crippen LogP contribution in [0.4, 0.5) is 0 Å². The van der Waals surface area contributed by atoms with Gasteiger partial charge in [0.25, 0.3) is 0 Å². The van der Waals surface area contributed by atoms with Crippen molar-refractivity contribution in [3.63, 3.8) is 0 Å². The third-order valence-electron chi connectivity index (χ3n) is 10.5. The minimum Gasteiger partial charge on any atom is -0.255 e. The summed E-state index contributed by atoms with van der Waals surface area (Å²) >= 11 is 7.15. The molecule has 9 heterocycles. The van der Waals surface area contributed by atoms with E-state index in [0.717, 1.165) is 102 Å². The van der Waals surface area contributed by atoms with Crippen LogP contribution in [0.3, 0.4) is 0 Å². The molecular weight excluding hydrogens is 945 g/mol. The molecule has 0 aliphatic rings. The van der Waals surface area contributed by atoms with Crippen LogP contribution >= 0.6 is 47.0 Å². The Balaban J connectivity index is 1.08. The Morgan fingerprint density at radius 3 is 0.729 bits per heavy atom. The van der Waals surface area contributed by atoms with Crippen molar-refractivity contribution in [1.82, 2.24) is 59.8 Å². The van der Waals surface area contributed by atoms with Crippen LogP contribution < -0.4 is 0 Å². The molecule has 0 bridgehead atoms. The van der Waals surface area contributed by atoms with Crippen molar-refractivity contribution in [3.05, 3.63) is 135 Å². The van der Waals surface area contributed by atoms with Crippen LogP contribution in [0.1, 0.15) is 53.4 Å². The summed E-state index contributed by atoms with van der Waals surface area (Å²) in [5.41, 5.74) is 11.6. The zero-order valence-electron chi connectivity index (χ0n) is 39.4. The smallest absolute Gasteiger partial charge is 0.116 e. The van der Waals surface area contributed by atoms with E-state index < -0.39 is 0 Å². The Kier molecular flexibility index (Phi) is 16.6. The van der Waals surface area contributed by atoms with Crippen molar-refractivity contribution in [1.29, 1.82) is 0 Å². The average Bonchev–Trinajstić information content (AvgIpc) is 3.43. The molecule has 0 radical (unpaired) electrons. The molecule has 0 aromatic carbocycles. The lowest BCUT2D eigenvalue weighted by molar-refractivity contribution is 1.09. The van der Waals surface area contributed by atoms with Crippen LogP contribution in [0.25, 0.3) is 91.1 Å². The molecule has 0 amide bonds. The summed E-state index contributed by atoms with van der Waals surface area (Å²) in [7, 11) is 0. The SMILES string of the molecule is CCCSc1cc(-c2ccccn2)nc(-c2cc(-c3cc(SCCC)cc(-c4cc(-c5cc(SCCC)cc(-c6cc(-c7cc(SCCC)cc(-c8ccccn8)n7)ncn6)n5)ncn4)n3)ncn2)c1. The second kappa shape index (κ2) is 23.9. The van der Waals surface area contributed by atoms with E-state index in [9.17, 15) is 0 Å². The second-order valence-corrected chi connectivity index (χ2v) is 20.7. The molecule has 0 aliphatic heterocycles. The fourth-order valence-electron chi connectivity index (χ4n) is 7.23. The van der Waals surface area contributed by atoms with E-state index in [1.807, 2.05) is 54.6 Å². The van der Waals surface area contributed by atoms with Gasteiger partial charge in [-0.2, -0.15) is 0 Å². The Morgan fingerprint density at radius 1 is 0.271 bits per heavy atom. The zero-order valence-corrected chi connectivity index (χ0v) is 42.6. The topological polar surface area (TPSA) is 155 Å². The highest BCUT2D eigenvalue weighted by Crippen LogP contribution is 2.35. The highest BCUT2D eigenvalue weighted by atomic mass is 32.2. The third-order valence-corrected chi connectivity index (χ3v) is 15.2. The zero-order chi connectivity index (χ0) is 48.1. The summed E-state index contributed by atoms with van der Waals surface area (Å²) in [5.74, 6) is 3.87. The number of aromatic nitrogens is 12.